The molecule has 0 aliphatic carbocycles. The van der Waals surface area contributed by atoms with Crippen molar-refractivity contribution in [2.75, 3.05) is 18.0 Å². The van der Waals surface area contributed by atoms with Crippen LogP contribution in [0.25, 0.3) is 0 Å². The number of nitrogens with zero attached hydrogens (tertiary/aromatic N) is 4. The van der Waals surface area contributed by atoms with Crippen LogP contribution in [0.15, 0.2) is 0 Å². The van der Waals surface area contributed by atoms with E-state index in [4.69, 9.17) is 11.6 Å². The van der Waals surface area contributed by atoms with Gasteiger partial charge in [-0.15, -0.1) is 0 Å². The number of aromatic nitrogens is 3. The van der Waals surface area contributed by atoms with Crippen LogP contribution in [-0.4, -0.2) is 28.0 Å². The van der Waals surface area contributed by atoms with E-state index in [1.807, 2.05) is 11.8 Å². The highest BCUT2D eigenvalue weighted by Crippen LogP contribution is 2.10. The maximum Gasteiger partial charge on any atom is 0.229 e. The first-order chi connectivity index (χ1) is 6.71. The smallest absolute Gasteiger partial charge is 0.229 e. The van der Waals surface area contributed by atoms with Crippen LogP contribution < -0.4 is 4.90 Å². The van der Waals surface area contributed by atoms with Crippen molar-refractivity contribution in [1.82, 2.24) is 15.0 Å². The van der Waals surface area contributed by atoms with Crippen molar-refractivity contribution in [1.29, 1.82) is 0 Å². The minimum Gasteiger partial charge on any atom is -0.341 e. The molecule has 0 N–H and O–H groups in total. The molecule has 0 aliphatic rings. The topological polar surface area (TPSA) is 41.9 Å². The van der Waals surface area contributed by atoms with Crippen molar-refractivity contribution in [3.05, 3.63) is 11.1 Å². The molecule has 0 saturated heterocycles. The van der Waals surface area contributed by atoms with Gasteiger partial charge in [0.25, 0.3) is 0 Å². The molecule has 0 fully saturated rings. The quantitative estimate of drug-likeness (QED) is 0.768. The van der Waals surface area contributed by atoms with E-state index in [0.29, 0.717) is 5.95 Å². The third-order valence-corrected chi connectivity index (χ3v) is 2.17. The average molecular weight is 215 g/mol. The number of anilines is 1. The number of aryl methyl sites for hydroxylation is 1. The first kappa shape index (κ1) is 11.2. The van der Waals surface area contributed by atoms with Gasteiger partial charge in [0.05, 0.1) is 0 Å². The normalized spacial score (nSPS) is 10.3. The molecule has 0 saturated carbocycles. The zero-order valence-corrected chi connectivity index (χ0v) is 9.54. The molecular weight excluding hydrogens is 200 g/mol. The highest BCUT2D eigenvalue weighted by atomic mass is 35.5. The van der Waals surface area contributed by atoms with Gasteiger partial charge in [0.15, 0.2) is 0 Å². The van der Waals surface area contributed by atoms with E-state index in [-0.39, 0.29) is 5.28 Å². The van der Waals surface area contributed by atoms with Gasteiger partial charge in [-0.25, -0.2) is 4.98 Å². The van der Waals surface area contributed by atoms with E-state index in [0.717, 1.165) is 25.3 Å². The van der Waals surface area contributed by atoms with Crippen LogP contribution in [0, 0.1) is 0 Å². The zero-order chi connectivity index (χ0) is 10.6. The van der Waals surface area contributed by atoms with Gasteiger partial charge in [0.2, 0.25) is 11.2 Å². The van der Waals surface area contributed by atoms with Crippen molar-refractivity contribution in [2.45, 2.75) is 27.2 Å². The first-order valence-corrected chi connectivity index (χ1v) is 5.24. The van der Waals surface area contributed by atoms with Crippen molar-refractivity contribution in [2.24, 2.45) is 0 Å². The van der Waals surface area contributed by atoms with E-state index in [1.165, 1.54) is 0 Å². The van der Waals surface area contributed by atoms with Gasteiger partial charge < -0.3 is 4.90 Å². The molecule has 5 heteroatoms. The van der Waals surface area contributed by atoms with Crippen molar-refractivity contribution in [3.8, 4) is 0 Å². The van der Waals surface area contributed by atoms with Gasteiger partial charge in [0, 0.05) is 19.5 Å². The Bertz CT molecular complexity index is 299. The SMILES string of the molecule is CCc1nc(Cl)nc(N(CC)CC)n1. The maximum absolute atomic E-state index is 5.80. The Kier molecular flexibility index (Phi) is 4.07. The summed E-state index contributed by atoms with van der Waals surface area (Å²) in [6, 6.07) is 0. The summed E-state index contributed by atoms with van der Waals surface area (Å²) >= 11 is 5.80. The summed E-state index contributed by atoms with van der Waals surface area (Å²) in [6.45, 7) is 7.87. The number of halogens is 1. The van der Waals surface area contributed by atoms with Crippen molar-refractivity contribution >= 4 is 17.5 Å². The van der Waals surface area contributed by atoms with Crippen LogP contribution in [0.3, 0.4) is 0 Å². The lowest BCUT2D eigenvalue weighted by atomic mass is 10.4. The molecule has 1 aromatic rings. The van der Waals surface area contributed by atoms with Crippen LogP contribution in [-0.2, 0) is 6.42 Å². The van der Waals surface area contributed by atoms with E-state index in [2.05, 4.69) is 28.8 Å². The van der Waals surface area contributed by atoms with Crippen LogP contribution >= 0.6 is 11.6 Å². The molecule has 0 unspecified atom stereocenters. The van der Waals surface area contributed by atoms with Crippen LogP contribution in [0.5, 0.6) is 0 Å². The summed E-state index contributed by atoms with van der Waals surface area (Å²) in [5, 5.41) is 0.277. The van der Waals surface area contributed by atoms with Crippen molar-refractivity contribution in [3.63, 3.8) is 0 Å². The average Bonchev–Trinajstić information content (AvgIpc) is 2.19. The van der Waals surface area contributed by atoms with Gasteiger partial charge in [-0.3, -0.25) is 0 Å². The molecule has 0 amide bonds. The van der Waals surface area contributed by atoms with E-state index in [1.54, 1.807) is 0 Å². The fourth-order valence-corrected chi connectivity index (χ4v) is 1.36. The fraction of sp³-hybridized carbons (Fsp3) is 0.667. The Morgan fingerprint density at radius 2 is 1.71 bits per heavy atom. The second-order valence-electron chi connectivity index (χ2n) is 2.85. The van der Waals surface area contributed by atoms with E-state index in [9.17, 15) is 0 Å². The Morgan fingerprint density at radius 1 is 1.07 bits per heavy atom. The molecule has 1 heterocycles. The molecule has 0 aliphatic heterocycles. The first-order valence-electron chi connectivity index (χ1n) is 4.86. The predicted molar refractivity (Wildman–Crippen MR) is 57.8 cm³/mol. The molecule has 1 aromatic heterocycles. The third kappa shape index (κ3) is 2.54. The van der Waals surface area contributed by atoms with Crippen LogP contribution in [0.4, 0.5) is 5.95 Å². The second kappa shape index (κ2) is 5.10. The molecule has 0 radical (unpaired) electrons. The molecule has 0 aromatic carbocycles. The largest absolute Gasteiger partial charge is 0.341 e. The maximum atomic E-state index is 5.80. The van der Waals surface area contributed by atoms with Gasteiger partial charge in [0.1, 0.15) is 5.82 Å². The molecular formula is C9H15ClN4. The standard InChI is InChI=1S/C9H15ClN4/c1-4-7-11-8(10)13-9(12-7)14(5-2)6-3/h4-6H2,1-3H3. The summed E-state index contributed by atoms with van der Waals surface area (Å²) in [5.74, 6) is 1.42. The van der Waals surface area contributed by atoms with Gasteiger partial charge in [-0.1, -0.05) is 6.92 Å². The molecule has 0 atom stereocenters. The lowest BCUT2D eigenvalue weighted by Crippen LogP contribution is -2.25. The van der Waals surface area contributed by atoms with Gasteiger partial charge in [-0.2, -0.15) is 9.97 Å². The summed E-state index contributed by atoms with van der Waals surface area (Å²) in [5.41, 5.74) is 0. The minimum atomic E-state index is 0.277. The fourth-order valence-electron chi connectivity index (χ4n) is 1.19. The summed E-state index contributed by atoms with van der Waals surface area (Å²) in [7, 11) is 0. The lowest BCUT2D eigenvalue weighted by Gasteiger charge is -2.18. The lowest BCUT2D eigenvalue weighted by molar-refractivity contribution is 0.789. The monoisotopic (exact) mass is 214 g/mol. The summed E-state index contributed by atoms with van der Waals surface area (Å²) < 4.78 is 0. The van der Waals surface area contributed by atoms with E-state index >= 15 is 0 Å². The number of hydrogen-bond donors (Lipinski definition) is 0. The highest BCUT2D eigenvalue weighted by molar-refractivity contribution is 6.28. The molecule has 1 rings (SSSR count). The van der Waals surface area contributed by atoms with E-state index < -0.39 is 0 Å². The zero-order valence-electron chi connectivity index (χ0n) is 8.79. The molecule has 0 spiro atoms. The Balaban J connectivity index is 3.01. The minimum absolute atomic E-state index is 0.277. The molecule has 0 bridgehead atoms. The third-order valence-electron chi connectivity index (χ3n) is 2.01. The number of rotatable bonds is 4. The molecule has 78 valence electrons. The highest BCUT2D eigenvalue weighted by Gasteiger charge is 2.08. The summed E-state index contributed by atoms with van der Waals surface area (Å²) in [6.07, 6.45) is 0.774. The Morgan fingerprint density at radius 3 is 2.21 bits per heavy atom. The Labute approximate surface area is 89.3 Å². The van der Waals surface area contributed by atoms with Gasteiger partial charge in [-0.05, 0) is 25.4 Å². The summed E-state index contributed by atoms with van der Waals surface area (Å²) in [4.78, 5) is 14.5. The molecule has 14 heavy (non-hydrogen) atoms. The second-order valence-corrected chi connectivity index (χ2v) is 3.18. The van der Waals surface area contributed by atoms with Crippen LogP contribution in [0.2, 0.25) is 5.28 Å². The molecule has 4 nitrogen and oxygen atoms in total. The van der Waals surface area contributed by atoms with Crippen LogP contribution in [0.1, 0.15) is 26.6 Å². The Hall–Kier alpha value is -0.900. The predicted octanol–water partition coefficient (Wildman–Crippen LogP) is 1.93. The number of hydrogen-bond acceptors (Lipinski definition) is 4. The van der Waals surface area contributed by atoms with Crippen molar-refractivity contribution < 1.29 is 0 Å². The van der Waals surface area contributed by atoms with Gasteiger partial charge >= 0.3 is 0 Å².